The largest absolute Gasteiger partial charge is 0.434 e. The van der Waals surface area contributed by atoms with Crippen molar-refractivity contribution in [3.8, 4) is 0 Å². The number of fused-ring (bicyclic) bond motifs is 2. The first-order valence-corrected chi connectivity index (χ1v) is 10.3. The van der Waals surface area contributed by atoms with E-state index >= 15 is 0 Å². The van der Waals surface area contributed by atoms with Crippen molar-refractivity contribution < 1.29 is 18.0 Å². The highest BCUT2D eigenvalue weighted by Crippen LogP contribution is 2.30. The normalized spacial score (nSPS) is 19.3. The molecule has 0 unspecified atom stereocenters. The van der Waals surface area contributed by atoms with Gasteiger partial charge in [0.2, 0.25) is 0 Å². The van der Waals surface area contributed by atoms with Gasteiger partial charge < -0.3 is 10.6 Å². The number of nitrogens with zero attached hydrogens (tertiary/aromatic N) is 4. The summed E-state index contributed by atoms with van der Waals surface area (Å²) < 4.78 is 40.5. The molecule has 8 nitrogen and oxygen atoms in total. The van der Waals surface area contributed by atoms with Crippen molar-refractivity contribution in [3.63, 3.8) is 0 Å². The molecule has 0 aliphatic heterocycles. The Balaban J connectivity index is 1.22. The van der Waals surface area contributed by atoms with Gasteiger partial charge in [0.1, 0.15) is 17.0 Å². The number of carbonyl (C=O) groups is 1. The molecule has 0 aromatic carbocycles. The van der Waals surface area contributed by atoms with E-state index in [2.05, 4.69) is 30.8 Å². The van der Waals surface area contributed by atoms with Gasteiger partial charge in [-0.2, -0.15) is 18.3 Å². The lowest BCUT2D eigenvalue weighted by molar-refractivity contribution is -0.140. The SMILES string of the molecule is O=C(NC1CCC(Nc2cccc3nc(C(F)(F)F)cn23)CC1)c1ccnc2cn[nH]c12. The van der Waals surface area contributed by atoms with Crippen LogP contribution in [-0.2, 0) is 6.18 Å². The molecule has 0 saturated heterocycles. The van der Waals surface area contributed by atoms with Crippen LogP contribution in [0.1, 0.15) is 41.7 Å². The molecule has 4 aromatic rings. The van der Waals surface area contributed by atoms with E-state index < -0.39 is 11.9 Å². The summed E-state index contributed by atoms with van der Waals surface area (Å²) in [7, 11) is 0. The fourth-order valence-electron chi connectivity index (χ4n) is 4.16. The fourth-order valence-corrected chi connectivity index (χ4v) is 4.16. The summed E-state index contributed by atoms with van der Waals surface area (Å²) in [6.45, 7) is 0. The van der Waals surface area contributed by atoms with Gasteiger partial charge in [-0.25, -0.2) is 4.98 Å². The molecule has 4 aromatic heterocycles. The quantitative estimate of drug-likeness (QED) is 0.446. The summed E-state index contributed by atoms with van der Waals surface area (Å²) >= 11 is 0. The van der Waals surface area contributed by atoms with Crippen LogP contribution in [0.4, 0.5) is 19.0 Å². The maximum Gasteiger partial charge on any atom is 0.434 e. The van der Waals surface area contributed by atoms with Gasteiger partial charge in [0.25, 0.3) is 5.91 Å². The number of aromatic amines is 1. The number of amides is 1. The number of nitrogens with one attached hydrogen (secondary N) is 3. The van der Waals surface area contributed by atoms with Gasteiger partial charge in [0, 0.05) is 24.5 Å². The van der Waals surface area contributed by atoms with Crippen LogP contribution in [0.25, 0.3) is 16.7 Å². The van der Waals surface area contributed by atoms with Crippen molar-refractivity contribution in [1.82, 2.24) is 29.9 Å². The maximum absolute atomic E-state index is 13.0. The Morgan fingerprint density at radius 1 is 1.12 bits per heavy atom. The zero-order chi connectivity index (χ0) is 22.3. The van der Waals surface area contributed by atoms with Gasteiger partial charge in [0.15, 0.2) is 5.69 Å². The van der Waals surface area contributed by atoms with Gasteiger partial charge in [-0.3, -0.25) is 19.3 Å². The van der Waals surface area contributed by atoms with Crippen LogP contribution in [0.15, 0.2) is 42.9 Å². The lowest BCUT2D eigenvalue weighted by atomic mass is 9.91. The molecule has 11 heteroatoms. The van der Waals surface area contributed by atoms with Crippen LogP contribution >= 0.6 is 0 Å². The third-order valence-electron chi connectivity index (χ3n) is 5.79. The summed E-state index contributed by atoms with van der Waals surface area (Å²) in [5.74, 6) is 0.386. The van der Waals surface area contributed by atoms with Crippen LogP contribution in [0.3, 0.4) is 0 Å². The Morgan fingerprint density at radius 3 is 2.69 bits per heavy atom. The molecule has 166 valence electrons. The molecule has 32 heavy (non-hydrogen) atoms. The first kappa shape index (κ1) is 20.3. The topological polar surface area (TPSA) is 100 Å². The number of rotatable bonds is 4. The molecule has 1 aliphatic rings. The summed E-state index contributed by atoms with van der Waals surface area (Å²) in [6, 6.07) is 6.73. The zero-order valence-corrected chi connectivity index (χ0v) is 16.9. The third kappa shape index (κ3) is 3.85. The molecule has 0 bridgehead atoms. The number of halogens is 3. The van der Waals surface area contributed by atoms with Crippen molar-refractivity contribution >= 4 is 28.4 Å². The Labute approximate surface area is 180 Å². The van der Waals surface area contributed by atoms with Crippen LogP contribution < -0.4 is 10.6 Å². The summed E-state index contributed by atoms with van der Waals surface area (Å²) in [5, 5.41) is 13.1. The first-order valence-electron chi connectivity index (χ1n) is 10.3. The van der Waals surface area contributed by atoms with E-state index in [1.165, 1.54) is 4.40 Å². The van der Waals surface area contributed by atoms with Gasteiger partial charge in [-0.1, -0.05) is 6.07 Å². The van der Waals surface area contributed by atoms with Crippen molar-refractivity contribution in [2.24, 2.45) is 0 Å². The van der Waals surface area contributed by atoms with E-state index in [9.17, 15) is 18.0 Å². The van der Waals surface area contributed by atoms with Crippen LogP contribution in [0.2, 0.25) is 0 Å². The second-order valence-electron chi connectivity index (χ2n) is 7.92. The summed E-state index contributed by atoms with van der Waals surface area (Å²) in [6.07, 6.45) is 2.74. The van der Waals surface area contributed by atoms with Gasteiger partial charge in [0.05, 0.1) is 17.3 Å². The molecule has 0 radical (unpaired) electrons. The van der Waals surface area contributed by atoms with Crippen LogP contribution in [-0.4, -0.2) is 42.6 Å². The number of alkyl halides is 3. The Morgan fingerprint density at radius 2 is 1.91 bits per heavy atom. The number of anilines is 1. The molecule has 5 rings (SSSR count). The second kappa shape index (κ2) is 7.81. The molecule has 3 N–H and O–H groups in total. The van der Waals surface area contributed by atoms with Crippen molar-refractivity contribution in [1.29, 1.82) is 0 Å². The molecule has 0 spiro atoms. The predicted octanol–water partition coefficient (Wildman–Crippen LogP) is 3.78. The fraction of sp³-hybridized carbons (Fsp3) is 0.333. The average Bonchev–Trinajstić information content (AvgIpc) is 3.42. The Bertz CT molecular complexity index is 1270. The highest BCUT2D eigenvalue weighted by molar-refractivity contribution is 6.04. The van der Waals surface area contributed by atoms with Crippen LogP contribution in [0, 0.1) is 0 Å². The van der Waals surface area contributed by atoms with E-state index in [1.807, 2.05) is 0 Å². The first-order chi connectivity index (χ1) is 15.4. The molecular weight excluding hydrogens is 423 g/mol. The minimum atomic E-state index is -4.49. The monoisotopic (exact) mass is 443 g/mol. The highest BCUT2D eigenvalue weighted by atomic mass is 19.4. The number of hydrogen-bond acceptors (Lipinski definition) is 5. The standard InChI is InChI=1S/C21H20F3N7O/c22-21(23,24)16-11-31-17(2-1-3-18(31)29-16)27-12-4-6-13(7-5-12)28-20(32)14-8-9-25-15-10-26-30-19(14)15/h1-3,8-13,27H,4-7H2,(H,26,30)(H,28,32). The average molecular weight is 443 g/mol. The van der Waals surface area contributed by atoms with Crippen LogP contribution in [0.5, 0.6) is 0 Å². The molecule has 4 heterocycles. The van der Waals surface area contributed by atoms with Gasteiger partial charge in [-0.05, 0) is 43.9 Å². The minimum Gasteiger partial charge on any atom is -0.368 e. The molecular formula is C21H20F3N7O. The predicted molar refractivity (Wildman–Crippen MR) is 111 cm³/mol. The molecule has 1 amide bonds. The van der Waals surface area contributed by atoms with E-state index in [4.69, 9.17) is 0 Å². The van der Waals surface area contributed by atoms with Crippen molar-refractivity contribution in [2.45, 2.75) is 43.9 Å². The van der Waals surface area contributed by atoms with Crippen molar-refractivity contribution in [2.75, 3.05) is 5.32 Å². The number of hydrogen-bond donors (Lipinski definition) is 3. The Hall–Kier alpha value is -3.63. The molecule has 1 fully saturated rings. The summed E-state index contributed by atoms with van der Waals surface area (Å²) in [4.78, 5) is 20.6. The molecule has 1 saturated carbocycles. The van der Waals surface area contributed by atoms with E-state index in [0.717, 1.165) is 31.9 Å². The molecule has 1 aliphatic carbocycles. The smallest absolute Gasteiger partial charge is 0.368 e. The zero-order valence-electron chi connectivity index (χ0n) is 16.9. The number of H-pyrrole nitrogens is 1. The van der Waals surface area contributed by atoms with E-state index in [1.54, 1.807) is 36.7 Å². The lowest BCUT2D eigenvalue weighted by Crippen LogP contribution is -2.40. The Kier molecular flexibility index (Phi) is 4.95. The van der Waals surface area contributed by atoms with Gasteiger partial charge >= 0.3 is 6.18 Å². The number of pyridine rings is 2. The van der Waals surface area contributed by atoms with E-state index in [-0.39, 0.29) is 23.6 Å². The number of imidazole rings is 1. The maximum atomic E-state index is 13.0. The summed E-state index contributed by atoms with van der Waals surface area (Å²) in [5.41, 5.74) is 1.06. The molecule has 0 atom stereocenters. The number of aromatic nitrogens is 5. The number of carbonyl (C=O) groups excluding carboxylic acids is 1. The third-order valence-corrected chi connectivity index (χ3v) is 5.79. The lowest BCUT2D eigenvalue weighted by Gasteiger charge is -2.30. The van der Waals surface area contributed by atoms with Gasteiger partial charge in [-0.15, -0.1) is 0 Å². The van der Waals surface area contributed by atoms with E-state index in [0.29, 0.717) is 22.4 Å². The van der Waals surface area contributed by atoms with Crippen molar-refractivity contribution in [3.05, 3.63) is 54.1 Å². The highest BCUT2D eigenvalue weighted by Gasteiger charge is 2.34. The second-order valence-corrected chi connectivity index (χ2v) is 7.92. The minimum absolute atomic E-state index is 0.0209.